The minimum atomic E-state index is -1.13. The van der Waals surface area contributed by atoms with Crippen LogP contribution in [0.5, 0.6) is 0 Å². The number of pyridine rings is 1. The minimum absolute atomic E-state index is 0.145. The van der Waals surface area contributed by atoms with E-state index >= 15 is 0 Å². The Labute approximate surface area is 120 Å². The number of primary amides is 1. The number of nitrogens with one attached hydrogen (secondary N) is 1. The number of nitrogens with zero attached hydrogens (tertiary/aromatic N) is 1. The Morgan fingerprint density at radius 3 is 2.45 bits per heavy atom. The molecule has 0 saturated carbocycles. The van der Waals surface area contributed by atoms with Crippen molar-refractivity contribution >= 4 is 29.5 Å². The van der Waals surface area contributed by atoms with Gasteiger partial charge in [-0.05, 0) is 18.1 Å². The molecule has 0 saturated heterocycles. The van der Waals surface area contributed by atoms with E-state index in [2.05, 4.69) is 4.98 Å². The lowest BCUT2D eigenvalue weighted by atomic mass is 10.1. The topological polar surface area (TPSA) is 111 Å². The first-order valence-electron chi connectivity index (χ1n) is 5.74. The Bertz CT molecular complexity index is 516. The molecule has 0 aromatic carbocycles. The maximum Gasteiger partial charge on any atom is 0.340 e. The number of halogens is 1. The van der Waals surface area contributed by atoms with Crippen LogP contribution in [0, 0.1) is 5.92 Å². The zero-order valence-corrected chi connectivity index (χ0v) is 11.7. The maximum atomic E-state index is 11.9. The summed E-state index contributed by atoms with van der Waals surface area (Å²) in [6.07, 6.45) is 0.0966. The third kappa shape index (κ3) is 4.51. The van der Waals surface area contributed by atoms with Crippen LogP contribution in [0.2, 0.25) is 5.15 Å². The summed E-state index contributed by atoms with van der Waals surface area (Å²) in [5.41, 5.74) is 5.00. The first-order chi connectivity index (χ1) is 9.31. The van der Waals surface area contributed by atoms with Crippen LogP contribution in [-0.2, 0) is 9.53 Å². The highest BCUT2D eigenvalue weighted by Crippen LogP contribution is 2.12. The fourth-order valence-corrected chi connectivity index (χ4v) is 1.48. The smallest absolute Gasteiger partial charge is 0.340 e. The molecular formula is C12H14ClN3O4. The first-order valence-corrected chi connectivity index (χ1v) is 6.12. The number of urea groups is 1. The van der Waals surface area contributed by atoms with Crippen LogP contribution in [0.25, 0.3) is 0 Å². The number of amides is 3. The Morgan fingerprint density at radius 1 is 1.35 bits per heavy atom. The lowest BCUT2D eigenvalue weighted by molar-refractivity contribution is -0.130. The van der Waals surface area contributed by atoms with Gasteiger partial charge in [-0.3, -0.25) is 10.1 Å². The molecule has 1 heterocycles. The molecular weight excluding hydrogens is 286 g/mol. The fourth-order valence-electron chi connectivity index (χ4n) is 1.36. The molecule has 1 atom stereocenters. The van der Waals surface area contributed by atoms with E-state index in [9.17, 15) is 14.4 Å². The zero-order chi connectivity index (χ0) is 15.3. The van der Waals surface area contributed by atoms with Gasteiger partial charge in [-0.15, -0.1) is 0 Å². The van der Waals surface area contributed by atoms with Crippen molar-refractivity contribution in [2.45, 2.75) is 20.0 Å². The van der Waals surface area contributed by atoms with Crippen molar-refractivity contribution in [3.8, 4) is 0 Å². The molecule has 20 heavy (non-hydrogen) atoms. The number of rotatable bonds is 4. The molecule has 1 aromatic heterocycles. The highest BCUT2D eigenvalue weighted by Gasteiger charge is 2.27. The summed E-state index contributed by atoms with van der Waals surface area (Å²) in [6, 6.07) is 1.83. The summed E-state index contributed by atoms with van der Waals surface area (Å²) in [5, 5.41) is 2.11. The summed E-state index contributed by atoms with van der Waals surface area (Å²) < 4.78 is 5.06. The monoisotopic (exact) mass is 299 g/mol. The largest absolute Gasteiger partial charge is 0.448 e. The number of carbonyl (C=O) groups excluding carboxylic acids is 3. The van der Waals surface area contributed by atoms with E-state index in [1.807, 2.05) is 5.32 Å². The molecule has 8 heteroatoms. The van der Waals surface area contributed by atoms with E-state index in [1.54, 1.807) is 13.8 Å². The predicted molar refractivity (Wildman–Crippen MR) is 71.0 cm³/mol. The summed E-state index contributed by atoms with van der Waals surface area (Å²) >= 11 is 5.60. The second kappa shape index (κ2) is 6.85. The molecule has 0 aliphatic rings. The van der Waals surface area contributed by atoms with Gasteiger partial charge in [0.2, 0.25) is 0 Å². The van der Waals surface area contributed by atoms with Crippen molar-refractivity contribution in [1.29, 1.82) is 0 Å². The summed E-state index contributed by atoms with van der Waals surface area (Å²) in [5.74, 6) is -1.85. The van der Waals surface area contributed by atoms with E-state index in [1.165, 1.54) is 18.3 Å². The summed E-state index contributed by atoms with van der Waals surface area (Å²) in [7, 11) is 0. The fraction of sp³-hybridized carbons (Fsp3) is 0.333. The second-order valence-corrected chi connectivity index (χ2v) is 4.68. The molecule has 0 bridgehead atoms. The highest BCUT2D eigenvalue weighted by atomic mass is 35.5. The molecule has 7 nitrogen and oxygen atoms in total. The molecule has 0 fully saturated rings. The predicted octanol–water partition coefficient (Wildman–Crippen LogP) is 1.11. The van der Waals surface area contributed by atoms with Crippen LogP contribution in [0.4, 0.5) is 4.79 Å². The Kier molecular flexibility index (Phi) is 5.45. The lowest BCUT2D eigenvalue weighted by Crippen LogP contribution is -2.45. The van der Waals surface area contributed by atoms with Gasteiger partial charge in [0.25, 0.3) is 5.91 Å². The normalized spacial score (nSPS) is 11.8. The van der Waals surface area contributed by atoms with Gasteiger partial charge in [-0.2, -0.15) is 0 Å². The second-order valence-electron chi connectivity index (χ2n) is 4.29. The number of imide groups is 1. The number of hydrogen-bond acceptors (Lipinski definition) is 5. The van der Waals surface area contributed by atoms with Gasteiger partial charge in [0.05, 0.1) is 5.56 Å². The standard InChI is InChI=1S/C12H14ClN3O4/c1-6(2)9(10(17)16-12(14)19)20-11(18)7-3-4-8(13)15-5-7/h3-6,9H,1-2H3,(H3,14,16,17,19)/t9-/m1/s1. The van der Waals surface area contributed by atoms with Gasteiger partial charge >= 0.3 is 12.0 Å². The van der Waals surface area contributed by atoms with Gasteiger partial charge in [0.15, 0.2) is 6.10 Å². The summed E-state index contributed by atoms with van der Waals surface area (Å²) in [4.78, 5) is 37.9. The lowest BCUT2D eigenvalue weighted by Gasteiger charge is -2.19. The molecule has 0 spiro atoms. The average molecular weight is 300 g/mol. The van der Waals surface area contributed by atoms with Crippen molar-refractivity contribution in [1.82, 2.24) is 10.3 Å². The van der Waals surface area contributed by atoms with Crippen molar-refractivity contribution in [2.24, 2.45) is 11.7 Å². The van der Waals surface area contributed by atoms with Gasteiger partial charge < -0.3 is 10.5 Å². The van der Waals surface area contributed by atoms with E-state index < -0.39 is 24.0 Å². The molecule has 0 aliphatic heterocycles. The van der Waals surface area contributed by atoms with Crippen LogP contribution in [0.1, 0.15) is 24.2 Å². The molecule has 1 rings (SSSR count). The van der Waals surface area contributed by atoms with Gasteiger partial charge in [-0.1, -0.05) is 25.4 Å². The van der Waals surface area contributed by atoms with Gasteiger partial charge in [0, 0.05) is 6.20 Å². The van der Waals surface area contributed by atoms with E-state index in [4.69, 9.17) is 22.1 Å². The van der Waals surface area contributed by atoms with Crippen molar-refractivity contribution in [2.75, 3.05) is 0 Å². The van der Waals surface area contributed by atoms with Crippen LogP contribution < -0.4 is 11.1 Å². The van der Waals surface area contributed by atoms with E-state index in [0.717, 1.165) is 0 Å². The summed E-state index contributed by atoms with van der Waals surface area (Å²) in [6.45, 7) is 3.33. The van der Waals surface area contributed by atoms with E-state index in [0.29, 0.717) is 0 Å². The van der Waals surface area contributed by atoms with Crippen molar-refractivity contribution in [3.63, 3.8) is 0 Å². The van der Waals surface area contributed by atoms with Crippen LogP contribution in [0.3, 0.4) is 0 Å². The molecule has 1 aromatic rings. The third-order valence-electron chi connectivity index (χ3n) is 2.31. The number of aromatic nitrogens is 1. The number of esters is 1. The first kappa shape index (κ1) is 15.9. The van der Waals surface area contributed by atoms with Crippen molar-refractivity contribution in [3.05, 3.63) is 29.0 Å². The number of carbonyl (C=O) groups is 3. The molecule has 0 aliphatic carbocycles. The van der Waals surface area contributed by atoms with Crippen molar-refractivity contribution < 1.29 is 19.1 Å². The third-order valence-corrected chi connectivity index (χ3v) is 2.53. The molecule has 108 valence electrons. The Morgan fingerprint density at radius 2 is 2.00 bits per heavy atom. The minimum Gasteiger partial charge on any atom is -0.448 e. The van der Waals surface area contributed by atoms with Gasteiger partial charge in [-0.25, -0.2) is 14.6 Å². The molecule has 0 unspecified atom stereocenters. The molecule has 0 radical (unpaired) electrons. The molecule has 3 N–H and O–H groups in total. The van der Waals surface area contributed by atoms with Crippen LogP contribution in [0.15, 0.2) is 18.3 Å². The van der Waals surface area contributed by atoms with Crippen LogP contribution >= 0.6 is 11.6 Å². The number of hydrogen-bond donors (Lipinski definition) is 2. The quantitative estimate of drug-likeness (QED) is 0.639. The maximum absolute atomic E-state index is 11.9. The Hall–Kier alpha value is -2.15. The SMILES string of the molecule is CC(C)[C@@H](OC(=O)c1ccc(Cl)nc1)C(=O)NC(N)=O. The number of nitrogens with two attached hydrogens (primary N) is 1. The molecule has 3 amide bonds. The zero-order valence-electron chi connectivity index (χ0n) is 10.9. The van der Waals surface area contributed by atoms with Crippen LogP contribution in [-0.4, -0.2) is 29.0 Å². The average Bonchev–Trinajstić information content (AvgIpc) is 2.35. The highest BCUT2D eigenvalue weighted by molar-refractivity contribution is 6.29. The van der Waals surface area contributed by atoms with E-state index in [-0.39, 0.29) is 16.6 Å². The number of ether oxygens (including phenoxy) is 1. The van der Waals surface area contributed by atoms with Gasteiger partial charge in [0.1, 0.15) is 5.15 Å². The Balaban J connectivity index is 2.80.